The van der Waals surface area contributed by atoms with Gasteiger partial charge in [-0.15, -0.1) is 0 Å². The molecule has 2 aromatic carbocycles. The third-order valence-electron chi connectivity index (χ3n) is 2.91. The molecule has 0 aliphatic carbocycles. The second kappa shape index (κ2) is 6.48. The van der Waals surface area contributed by atoms with E-state index in [1.165, 1.54) is 4.90 Å². The summed E-state index contributed by atoms with van der Waals surface area (Å²) in [6, 6.07) is 16.7. The standard InChI is InChI=1S/C16H17NO2S/c1-17(2)16(18)14-10-6-7-11-15(14)20(19)12-13-8-4-3-5-9-13/h3-11H,12H2,1-2H3. The molecule has 0 aromatic heterocycles. The first-order valence-electron chi connectivity index (χ1n) is 6.32. The van der Waals surface area contributed by atoms with Gasteiger partial charge in [0.05, 0.1) is 27.0 Å². The van der Waals surface area contributed by atoms with E-state index in [1.807, 2.05) is 36.4 Å². The maximum atomic E-state index is 12.5. The lowest BCUT2D eigenvalue weighted by Gasteiger charge is -2.13. The minimum Gasteiger partial charge on any atom is -0.345 e. The first kappa shape index (κ1) is 14.5. The van der Waals surface area contributed by atoms with Crippen molar-refractivity contribution in [2.75, 3.05) is 14.1 Å². The van der Waals surface area contributed by atoms with Gasteiger partial charge in [-0.2, -0.15) is 0 Å². The van der Waals surface area contributed by atoms with Gasteiger partial charge in [-0.3, -0.25) is 9.00 Å². The molecule has 0 radical (unpaired) electrons. The Balaban J connectivity index is 2.29. The van der Waals surface area contributed by atoms with Gasteiger partial charge in [-0.1, -0.05) is 42.5 Å². The molecule has 20 heavy (non-hydrogen) atoms. The van der Waals surface area contributed by atoms with Crippen molar-refractivity contribution in [3.05, 3.63) is 65.7 Å². The van der Waals surface area contributed by atoms with Crippen molar-refractivity contribution in [2.45, 2.75) is 10.6 Å². The molecule has 1 unspecified atom stereocenters. The first-order valence-corrected chi connectivity index (χ1v) is 7.64. The average molecular weight is 287 g/mol. The SMILES string of the molecule is CN(C)C(=O)c1ccccc1S(=O)Cc1ccccc1. The fourth-order valence-corrected chi connectivity index (χ4v) is 3.17. The predicted molar refractivity (Wildman–Crippen MR) is 81.0 cm³/mol. The molecule has 0 bridgehead atoms. The largest absolute Gasteiger partial charge is 0.345 e. The zero-order valence-corrected chi connectivity index (χ0v) is 12.4. The third-order valence-corrected chi connectivity index (χ3v) is 4.35. The molecule has 2 aromatic rings. The van der Waals surface area contributed by atoms with Crippen LogP contribution in [0.25, 0.3) is 0 Å². The van der Waals surface area contributed by atoms with E-state index in [4.69, 9.17) is 0 Å². The highest BCUT2D eigenvalue weighted by Gasteiger charge is 2.17. The van der Waals surface area contributed by atoms with E-state index < -0.39 is 10.8 Å². The van der Waals surface area contributed by atoms with E-state index in [9.17, 15) is 9.00 Å². The summed E-state index contributed by atoms with van der Waals surface area (Å²) >= 11 is 0. The van der Waals surface area contributed by atoms with Crippen LogP contribution in [0.5, 0.6) is 0 Å². The number of carbonyl (C=O) groups excluding carboxylic acids is 1. The van der Waals surface area contributed by atoms with Gasteiger partial charge in [0.1, 0.15) is 0 Å². The van der Waals surface area contributed by atoms with Crippen LogP contribution >= 0.6 is 0 Å². The van der Waals surface area contributed by atoms with E-state index in [0.717, 1.165) is 5.56 Å². The fourth-order valence-electron chi connectivity index (χ4n) is 1.89. The monoisotopic (exact) mass is 287 g/mol. The van der Waals surface area contributed by atoms with Gasteiger partial charge in [0, 0.05) is 14.1 Å². The fraction of sp³-hybridized carbons (Fsp3) is 0.188. The summed E-state index contributed by atoms with van der Waals surface area (Å²) in [5.41, 5.74) is 1.50. The highest BCUT2D eigenvalue weighted by molar-refractivity contribution is 7.84. The van der Waals surface area contributed by atoms with Crippen LogP contribution in [0.3, 0.4) is 0 Å². The van der Waals surface area contributed by atoms with E-state index in [0.29, 0.717) is 16.2 Å². The van der Waals surface area contributed by atoms with E-state index in [2.05, 4.69) is 0 Å². The summed E-state index contributed by atoms with van der Waals surface area (Å²) < 4.78 is 12.5. The average Bonchev–Trinajstić information content (AvgIpc) is 2.47. The maximum absolute atomic E-state index is 12.5. The lowest BCUT2D eigenvalue weighted by atomic mass is 10.2. The van der Waals surface area contributed by atoms with Crippen LogP contribution in [0.1, 0.15) is 15.9 Å². The summed E-state index contributed by atoms with van der Waals surface area (Å²) in [6.45, 7) is 0. The predicted octanol–water partition coefficient (Wildman–Crippen LogP) is 2.70. The molecule has 0 aliphatic rings. The van der Waals surface area contributed by atoms with Gasteiger partial charge in [0.25, 0.3) is 5.91 Å². The number of benzene rings is 2. The summed E-state index contributed by atoms with van der Waals surface area (Å²) in [4.78, 5) is 14.2. The Kier molecular flexibility index (Phi) is 4.69. The Bertz CT molecular complexity index is 623. The number of amides is 1. The second-order valence-electron chi connectivity index (χ2n) is 4.67. The third kappa shape index (κ3) is 3.33. The summed E-state index contributed by atoms with van der Waals surface area (Å²) in [5, 5.41) is 0. The number of carbonyl (C=O) groups is 1. The molecule has 1 atom stereocenters. The number of hydrogen-bond acceptors (Lipinski definition) is 2. The minimum atomic E-state index is -1.23. The summed E-state index contributed by atoms with van der Waals surface area (Å²) in [7, 11) is 2.16. The second-order valence-corrected chi connectivity index (χ2v) is 6.09. The van der Waals surface area contributed by atoms with Gasteiger partial charge in [-0.05, 0) is 17.7 Å². The van der Waals surface area contributed by atoms with Crippen LogP contribution in [0.4, 0.5) is 0 Å². The zero-order valence-electron chi connectivity index (χ0n) is 11.6. The quantitative estimate of drug-likeness (QED) is 0.867. The van der Waals surface area contributed by atoms with Crippen LogP contribution in [0, 0.1) is 0 Å². The molecule has 4 heteroatoms. The van der Waals surface area contributed by atoms with Crippen molar-refractivity contribution in [3.8, 4) is 0 Å². The molecule has 0 heterocycles. The lowest BCUT2D eigenvalue weighted by molar-refractivity contribution is 0.0824. The molecule has 2 rings (SSSR count). The van der Waals surface area contributed by atoms with Crippen molar-refractivity contribution in [1.82, 2.24) is 4.90 Å². The molecular weight excluding hydrogens is 270 g/mol. The maximum Gasteiger partial charge on any atom is 0.254 e. The van der Waals surface area contributed by atoms with Crippen molar-refractivity contribution in [3.63, 3.8) is 0 Å². The van der Waals surface area contributed by atoms with Crippen molar-refractivity contribution >= 4 is 16.7 Å². The highest BCUT2D eigenvalue weighted by Crippen LogP contribution is 2.18. The molecule has 0 aliphatic heterocycles. The van der Waals surface area contributed by atoms with Crippen LogP contribution in [-0.2, 0) is 16.6 Å². The normalized spacial score (nSPS) is 11.9. The first-order chi connectivity index (χ1) is 9.59. The van der Waals surface area contributed by atoms with Gasteiger partial charge in [0.2, 0.25) is 0 Å². The topological polar surface area (TPSA) is 37.4 Å². The number of hydrogen-bond donors (Lipinski definition) is 0. The van der Waals surface area contributed by atoms with E-state index in [1.54, 1.807) is 32.3 Å². The van der Waals surface area contributed by atoms with Crippen LogP contribution in [0.2, 0.25) is 0 Å². The van der Waals surface area contributed by atoms with Gasteiger partial charge >= 0.3 is 0 Å². The highest BCUT2D eigenvalue weighted by atomic mass is 32.2. The Morgan fingerprint density at radius 2 is 1.60 bits per heavy atom. The Morgan fingerprint density at radius 1 is 1.00 bits per heavy atom. The molecule has 0 spiro atoms. The molecule has 104 valence electrons. The van der Waals surface area contributed by atoms with Gasteiger partial charge < -0.3 is 4.90 Å². The van der Waals surface area contributed by atoms with E-state index in [-0.39, 0.29) is 5.91 Å². The Labute approximate surface area is 121 Å². The van der Waals surface area contributed by atoms with Crippen LogP contribution < -0.4 is 0 Å². The molecule has 0 saturated heterocycles. The summed E-state index contributed by atoms with van der Waals surface area (Å²) in [5.74, 6) is 0.292. The lowest BCUT2D eigenvalue weighted by Crippen LogP contribution is -2.23. The molecule has 0 saturated carbocycles. The molecule has 0 N–H and O–H groups in total. The smallest absolute Gasteiger partial charge is 0.254 e. The van der Waals surface area contributed by atoms with Crippen molar-refractivity contribution in [2.24, 2.45) is 0 Å². The molecular formula is C16H17NO2S. The number of rotatable bonds is 4. The van der Waals surface area contributed by atoms with Crippen LogP contribution in [0.15, 0.2) is 59.5 Å². The molecule has 0 fully saturated rings. The van der Waals surface area contributed by atoms with Crippen LogP contribution in [-0.4, -0.2) is 29.1 Å². The number of nitrogens with zero attached hydrogens (tertiary/aromatic N) is 1. The molecule has 1 amide bonds. The van der Waals surface area contributed by atoms with Crippen molar-refractivity contribution < 1.29 is 9.00 Å². The Morgan fingerprint density at radius 3 is 2.25 bits per heavy atom. The minimum absolute atomic E-state index is 0.123. The zero-order chi connectivity index (χ0) is 14.5. The molecule has 3 nitrogen and oxygen atoms in total. The van der Waals surface area contributed by atoms with Gasteiger partial charge in [0.15, 0.2) is 0 Å². The van der Waals surface area contributed by atoms with Gasteiger partial charge in [-0.25, -0.2) is 0 Å². The summed E-state index contributed by atoms with van der Waals surface area (Å²) in [6.07, 6.45) is 0. The Hall–Kier alpha value is -1.94. The van der Waals surface area contributed by atoms with E-state index >= 15 is 0 Å². The van der Waals surface area contributed by atoms with Crippen molar-refractivity contribution in [1.29, 1.82) is 0 Å².